The SMILES string of the molecule is CC(C)(C)NCCNC(=O)Cc1csc(C(C)(C)C)n1. The first kappa shape index (κ1) is 17.1. The number of thiazole rings is 1. The molecule has 0 aliphatic rings. The van der Waals surface area contributed by atoms with E-state index in [-0.39, 0.29) is 16.9 Å². The van der Waals surface area contributed by atoms with Crippen molar-refractivity contribution in [2.45, 2.75) is 58.9 Å². The Morgan fingerprint density at radius 3 is 2.35 bits per heavy atom. The zero-order valence-electron chi connectivity index (χ0n) is 13.5. The fraction of sp³-hybridized carbons (Fsp3) is 0.733. The molecular weight excluding hydrogens is 270 g/mol. The van der Waals surface area contributed by atoms with Crippen molar-refractivity contribution in [2.75, 3.05) is 13.1 Å². The molecule has 20 heavy (non-hydrogen) atoms. The smallest absolute Gasteiger partial charge is 0.226 e. The largest absolute Gasteiger partial charge is 0.354 e. The molecule has 1 heterocycles. The van der Waals surface area contributed by atoms with E-state index < -0.39 is 0 Å². The lowest BCUT2D eigenvalue weighted by Crippen LogP contribution is -2.41. The Morgan fingerprint density at radius 1 is 1.20 bits per heavy atom. The van der Waals surface area contributed by atoms with Crippen molar-refractivity contribution < 1.29 is 4.79 Å². The molecule has 0 bridgehead atoms. The molecule has 0 fully saturated rings. The second-order valence-electron chi connectivity index (χ2n) is 7.10. The highest BCUT2D eigenvalue weighted by molar-refractivity contribution is 7.09. The van der Waals surface area contributed by atoms with E-state index in [2.05, 4.69) is 57.2 Å². The number of nitrogens with zero attached hydrogens (tertiary/aromatic N) is 1. The van der Waals surface area contributed by atoms with E-state index in [1.54, 1.807) is 11.3 Å². The van der Waals surface area contributed by atoms with Gasteiger partial charge in [-0.2, -0.15) is 0 Å². The van der Waals surface area contributed by atoms with Crippen molar-refractivity contribution in [1.82, 2.24) is 15.6 Å². The lowest BCUT2D eigenvalue weighted by molar-refractivity contribution is -0.120. The summed E-state index contributed by atoms with van der Waals surface area (Å²) >= 11 is 1.63. The molecule has 1 amide bonds. The molecular formula is C15H27N3OS. The van der Waals surface area contributed by atoms with Crippen LogP contribution in [0.3, 0.4) is 0 Å². The summed E-state index contributed by atoms with van der Waals surface area (Å²) in [6.45, 7) is 14.1. The van der Waals surface area contributed by atoms with E-state index in [9.17, 15) is 4.79 Å². The van der Waals surface area contributed by atoms with Crippen molar-refractivity contribution >= 4 is 17.2 Å². The van der Waals surface area contributed by atoms with Crippen LogP contribution >= 0.6 is 11.3 Å². The monoisotopic (exact) mass is 297 g/mol. The number of amides is 1. The molecule has 114 valence electrons. The topological polar surface area (TPSA) is 54.0 Å². The summed E-state index contributed by atoms with van der Waals surface area (Å²) in [6, 6.07) is 0. The minimum Gasteiger partial charge on any atom is -0.354 e. The third-order valence-electron chi connectivity index (χ3n) is 2.64. The average molecular weight is 297 g/mol. The maximum Gasteiger partial charge on any atom is 0.226 e. The summed E-state index contributed by atoms with van der Waals surface area (Å²) in [7, 11) is 0. The first-order chi connectivity index (χ1) is 9.08. The average Bonchev–Trinajstić information content (AvgIpc) is 2.71. The van der Waals surface area contributed by atoms with Crippen molar-refractivity contribution in [3.8, 4) is 0 Å². The zero-order valence-corrected chi connectivity index (χ0v) is 14.3. The Hall–Kier alpha value is -0.940. The summed E-state index contributed by atoms with van der Waals surface area (Å²) < 4.78 is 0. The van der Waals surface area contributed by atoms with Crippen LogP contribution in [0.4, 0.5) is 0 Å². The number of aromatic nitrogens is 1. The molecule has 0 radical (unpaired) electrons. The molecule has 0 saturated heterocycles. The Labute approximate surface area is 126 Å². The van der Waals surface area contributed by atoms with Gasteiger partial charge in [0.1, 0.15) is 0 Å². The fourth-order valence-corrected chi connectivity index (χ4v) is 2.51. The van der Waals surface area contributed by atoms with E-state index in [0.717, 1.165) is 17.2 Å². The van der Waals surface area contributed by atoms with Crippen molar-refractivity contribution in [3.63, 3.8) is 0 Å². The van der Waals surface area contributed by atoms with Crippen molar-refractivity contribution in [2.24, 2.45) is 0 Å². The van der Waals surface area contributed by atoms with Crippen LogP contribution in [0.2, 0.25) is 0 Å². The third-order valence-corrected chi connectivity index (χ3v) is 3.95. The fourth-order valence-electron chi connectivity index (χ4n) is 1.60. The van der Waals surface area contributed by atoms with Gasteiger partial charge in [0.25, 0.3) is 0 Å². The molecule has 1 rings (SSSR count). The van der Waals surface area contributed by atoms with Gasteiger partial charge in [0.2, 0.25) is 5.91 Å². The van der Waals surface area contributed by atoms with E-state index in [1.165, 1.54) is 0 Å². The number of carbonyl (C=O) groups excluding carboxylic acids is 1. The van der Waals surface area contributed by atoms with Gasteiger partial charge in [-0.05, 0) is 20.8 Å². The Kier molecular flexibility index (Phi) is 5.71. The molecule has 5 heteroatoms. The van der Waals surface area contributed by atoms with E-state index in [0.29, 0.717) is 13.0 Å². The van der Waals surface area contributed by atoms with Gasteiger partial charge in [0.05, 0.1) is 17.1 Å². The summed E-state index contributed by atoms with van der Waals surface area (Å²) in [6.07, 6.45) is 0.363. The Morgan fingerprint density at radius 2 is 1.85 bits per heavy atom. The van der Waals surface area contributed by atoms with Gasteiger partial charge in [-0.1, -0.05) is 20.8 Å². The minimum absolute atomic E-state index is 0.0338. The van der Waals surface area contributed by atoms with E-state index >= 15 is 0 Å². The summed E-state index contributed by atoms with van der Waals surface area (Å²) in [5.74, 6) is 0.0338. The highest BCUT2D eigenvalue weighted by Crippen LogP contribution is 2.25. The molecule has 0 aliphatic heterocycles. The van der Waals surface area contributed by atoms with Crippen LogP contribution in [0.1, 0.15) is 52.2 Å². The van der Waals surface area contributed by atoms with Gasteiger partial charge in [0, 0.05) is 29.4 Å². The van der Waals surface area contributed by atoms with Crippen LogP contribution < -0.4 is 10.6 Å². The summed E-state index contributed by atoms with van der Waals surface area (Å²) in [5, 5.41) is 9.31. The number of hydrogen-bond acceptors (Lipinski definition) is 4. The number of rotatable bonds is 5. The first-order valence-corrected chi connectivity index (χ1v) is 7.92. The predicted octanol–water partition coefficient (Wildman–Crippen LogP) is 2.49. The van der Waals surface area contributed by atoms with Gasteiger partial charge in [-0.25, -0.2) is 4.98 Å². The molecule has 1 aromatic heterocycles. The highest BCUT2D eigenvalue weighted by atomic mass is 32.1. The van der Waals surface area contributed by atoms with Crippen LogP contribution in [0, 0.1) is 0 Å². The Balaban J connectivity index is 2.34. The van der Waals surface area contributed by atoms with Gasteiger partial charge < -0.3 is 10.6 Å². The highest BCUT2D eigenvalue weighted by Gasteiger charge is 2.18. The second kappa shape index (κ2) is 6.68. The molecule has 2 N–H and O–H groups in total. The normalized spacial score (nSPS) is 12.5. The standard InChI is InChI=1S/C15H27N3OS/c1-14(2,3)13-18-11(10-20-13)9-12(19)16-7-8-17-15(4,5)6/h10,17H,7-9H2,1-6H3,(H,16,19). The van der Waals surface area contributed by atoms with Gasteiger partial charge >= 0.3 is 0 Å². The molecule has 4 nitrogen and oxygen atoms in total. The quantitative estimate of drug-likeness (QED) is 0.821. The second-order valence-corrected chi connectivity index (χ2v) is 7.96. The molecule has 0 aliphatic carbocycles. The maximum absolute atomic E-state index is 11.8. The lowest BCUT2D eigenvalue weighted by Gasteiger charge is -2.20. The first-order valence-electron chi connectivity index (χ1n) is 7.04. The minimum atomic E-state index is 0.0338. The number of carbonyl (C=O) groups is 1. The van der Waals surface area contributed by atoms with Crippen LogP contribution in [-0.4, -0.2) is 29.5 Å². The van der Waals surface area contributed by atoms with Crippen LogP contribution in [0.5, 0.6) is 0 Å². The predicted molar refractivity (Wildman–Crippen MR) is 85.3 cm³/mol. The molecule has 0 atom stereocenters. The van der Waals surface area contributed by atoms with Gasteiger partial charge in [0.15, 0.2) is 0 Å². The zero-order chi connectivity index (χ0) is 15.4. The van der Waals surface area contributed by atoms with E-state index in [4.69, 9.17) is 0 Å². The Bertz CT molecular complexity index is 441. The molecule has 0 unspecified atom stereocenters. The van der Waals surface area contributed by atoms with Crippen molar-refractivity contribution in [3.05, 3.63) is 16.1 Å². The molecule has 0 saturated carbocycles. The van der Waals surface area contributed by atoms with Gasteiger partial charge in [-0.3, -0.25) is 4.79 Å². The number of nitrogens with one attached hydrogen (secondary N) is 2. The van der Waals surface area contributed by atoms with Gasteiger partial charge in [-0.15, -0.1) is 11.3 Å². The van der Waals surface area contributed by atoms with Crippen LogP contribution in [-0.2, 0) is 16.6 Å². The molecule has 0 aromatic carbocycles. The molecule has 0 spiro atoms. The van der Waals surface area contributed by atoms with Crippen LogP contribution in [0.15, 0.2) is 5.38 Å². The maximum atomic E-state index is 11.8. The third kappa shape index (κ3) is 6.48. The summed E-state index contributed by atoms with van der Waals surface area (Å²) in [5.41, 5.74) is 0.998. The number of hydrogen-bond donors (Lipinski definition) is 2. The van der Waals surface area contributed by atoms with Crippen molar-refractivity contribution in [1.29, 1.82) is 0 Å². The van der Waals surface area contributed by atoms with Crippen LogP contribution in [0.25, 0.3) is 0 Å². The molecule has 1 aromatic rings. The summed E-state index contributed by atoms with van der Waals surface area (Å²) in [4.78, 5) is 16.4. The van der Waals surface area contributed by atoms with E-state index in [1.807, 2.05) is 5.38 Å². The lowest BCUT2D eigenvalue weighted by atomic mass is 9.98.